The van der Waals surface area contributed by atoms with Gasteiger partial charge in [0, 0.05) is 24.5 Å². The van der Waals surface area contributed by atoms with Crippen molar-refractivity contribution in [3.05, 3.63) is 35.4 Å². The van der Waals surface area contributed by atoms with Crippen LogP contribution in [0.3, 0.4) is 0 Å². The number of nitrogens with zero attached hydrogens (tertiary/aromatic N) is 1. The van der Waals surface area contributed by atoms with Gasteiger partial charge in [-0.25, -0.2) is 4.79 Å². The van der Waals surface area contributed by atoms with Crippen molar-refractivity contribution in [3.8, 4) is 0 Å². The molecule has 4 rings (SSSR count). The van der Waals surface area contributed by atoms with E-state index in [0.29, 0.717) is 36.5 Å². The number of hydrogen-bond donors (Lipinski definition) is 1. The molecule has 1 aromatic rings. The molecule has 3 fully saturated rings. The number of amides is 2. The molecule has 27 heavy (non-hydrogen) atoms. The first-order valence-electron chi connectivity index (χ1n) is 10.1. The van der Waals surface area contributed by atoms with Crippen molar-refractivity contribution in [1.29, 1.82) is 0 Å². The number of ether oxygens (including phenoxy) is 1. The zero-order valence-corrected chi connectivity index (χ0v) is 16.7. The summed E-state index contributed by atoms with van der Waals surface area (Å²) in [6, 6.07) is 9.06. The largest absolute Gasteiger partial charge is 0.453 e. The molecule has 0 radical (unpaired) electrons. The summed E-state index contributed by atoms with van der Waals surface area (Å²) >= 11 is 0. The number of fused-ring (bicyclic) bond motifs is 1. The molecule has 0 spiro atoms. The van der Waals surface area contributed by atoms with Crippen LogP contribution in [0.1, 0.15) is 56.6 Å². The summed E-state index contributed by atoms with van der Waals surface area (Å²) in [5.74, 6) is 2.74. The van der Waals surface area contributed by atoms with Gasteiger partial charge >= 0.3 is 6.09 Å². The van der Waals surface area contributed by atoms with Crippen molar-refractivity contribution in [2.75, 3.05) is 20.2 Å². The lowest BCUT2D eigenvalue weighted by Crippen LogP contribution is -2.58. The standard InChI is InChI=1S/C22H30N2O3/c1-13(2)14-5-7-15(8-6-14)19-17-11-24(12-18(17)19)20(25)16-9-22(3,10-16)23-21(26)27-4/h5-8,13,16-19H,9-12H2,1-4H3,(H,23,26)/t16?,17-,18+,19?,22?. The number of hydrogen-bond acceptors (Lipinski definition) is 3. The van der Waals surface area contributed by atoms with Crippen LogP contribution in [0.25, 0.3) is 0 Å². The van der Waals surface area contributed by atoms with Crippen molar-refractivity contribution in [3.63, 3.8) is 0 Å². The number of alkyl carbamates (subject to hydrolysis) is 1. The first-order chi connectivity index (χ1) is 12.8. The first-order valence-corrected chi connectivity index (χ1v) is 10.1. The minimum absolute atomic E-state index is 0.0356. The molecular formula is C22H30N2O3. The zero-order chi connectivity index (χ0) is 19.3. The van der Waals surface area contributed by atoms with Gasteiger partial charge in [-0.15, -0.1) is 0 Å². The highest BCUT2D eigenvalue weighted by atomic mass is 16.5. The fraction of sp³-hybridized carbons (Fsp3) is 0.636. The second kappa shape index (κ2) is 6.54. The van der Waals surface area contributed by atoms with Gasteiger partial charge in [0.25, 0.3) is 0 Å². The predicted molar refractivity (Wildman–Crippen MR) is 104 cm³/mol. The Balaban J connectivity index is 1.28. The number of nitrogens with one attached hydrogen (secondary N) is 1. The summed E-state index contributed by atoms with van der Waals surface area (Å²) < 4.78 is 4.67. The second-order valence-corrected chi connectivity index (χ2v) is 9.20. The number of likely N-dealkylation sites (tertiary alicyclic amines) is 1. The van der Waals surface area contributed by atoms with E-state index in [4.69, 9.17) is 0 Å². The van der Waals surface area contributed by atoms with Crippen molar-refractivity contribution >= 4 is 12.0 Å². The number of piperidine rings is 1. The monoisotopic (exact) mass is 370 g/mol. The van der Waals surface area contributed by atoms with Gasteiger partial charge in [-0.05, 0) is 54.6 Å². The number of methoxy groups -OCH3 is 1. The van der Waals surface area contributed by atoms with E-state index in [1.54, 1.807) is 0 Å². The van der Waals surface area contributed by atoms with E-state index >= 15 is 0 Å². The highest BCUT2D eigenvalue weighted by Crippen LogP contribution is 2.58. The Morgan fingerprint density at radius 2 is 1.74 bits per heavy atom. The number of carbonyl (C=O) groups is 2. The van der Waals surface area contributed by atoms with Gasteiger partial charge in [-0.2, -0.15) is 0 Å². The van der Waals surface area contributed by atoms with Crippen molar-refractivity contribution in [1.82, 2.24) is 10.2 Å². The fourth-order valence-corrected chi connectivity index (χ4v) is 5.16. The molecule has 1 aromatic carbocycles. The molecule has 1 N–H and O–H groups in total. The van der Waals surface area contributed by atoms with E-state index in [1.807, 2.05) is 6.92 Å². The van der Waals surface area contributed by atoms with Crippen LogP contribution in [0.2, 0.25) is 0 Å². The molecular weight excluding hydrogens is 340 g/mol. The normalized spacial score (nSPS) is 34.0. The molecule has 1 saturated heterocycles. The molecule has 5 nitrogen and oxygen atoms in total. The predicted octanol–water partition coefficient (Wildman–Crippen LogP) is 3.51. The minimum Gasteiger partial charge on any atom is -0.453 e. The summed E-state index contributed by atoms with van der Waals surface area (Å²) in [6.45, 7) is 8.19. The number of carbonyl (C=O) groups excluding carboxylic acids is 2. The molecule has 3 atom stereocenters. The summed E-state index contributed by atoms with van der Waals surface area (Å²) in [6.07, 6.45) is 0.983. The van der Waals surface area contributed by atoms with Crippen molar-refractivity contribution in [2.45, 2.75) is 51.0 Å². The fourth-order valence-electron chi connectivity index (χ4n) is 5.16. The molecule has 1 aliphatic heterocycles. The molecule has 1 unspecified atom stereocenters. The van der Waals surface area contributed by atoms with Crippen LogP contribution in [0.4, 0.5) is 4.79 Å². The van der Waals surface area contributed by atoms with Crippen LogP contribution in [0, 0.1) is 17.8 Å². The maximum atomic E-state index is 12.8. The third kappa shape index (κ3) is 3.32. The topological polar surface area (TPSA) is 58.6 Å². The lowest BCUT2D eigenvalue weighted by molar-refractivity contribution is -0.140. The van der Waals surface area contributed by atoms with Gasteiger partial charge in [0.1, 0.15) is 0 Å². The highest BCUT2D eigenvalue weighted by Gasteiger charge is 2.58. The summed E-state index contributed by atoms with van der Waals surface area (Å²) in [5, 5.41) is 2.84. The van der Waals surface area contributed by atoms with E-state index in [1.165, 1.54) is 18.2 Å². The summed E-state index contributed by atoms with van der Waals surface area (Å²) in [4.78, 5) is 26.2. The molecule has 3 aliphatic rings. The van der Waals surface area contributed by atoms with Gasteiger partial charge in [0.05, 0.1) is 7.11 Å². The lowest BCUT2D eigenvalue weighted by atomic mass is 9.69. The summed E-state index contributed by atoms with van der Waals surface area (Å²) in [5.41, 5.74) is 2.51. The van der Waals surface area contributed by atoms with Crippen LogP contribution in [-0.4, -0.2) is 42.6 Å². The van der Waals surface area contributed by atoms with Gasteiger partial charge in [-0.1, -0.05) is 38.1 Å². The third-order valence-electron chi connectivity index (χ3n) is 6.83. The van der Waals surface area contributed by atoms with Crippen LogP contribution in [0.5, 0.6) is 0 Å². The molecule has 5 heteroatoms. The smallest absolute Gasteiger partial charge is 0.407 e. The Morgan fingerprint density at radius 3 is 2.26 bits per heavy atom. The van der Waals surface area contributed by atoms with Crippen LogP contribution in [-0.2, 0) is 9.53 Å². The molecule has 0 aromatic heterocycles. The third-order valence-corrected chi connectivity index (χ3v) is 6.83. The number of benzene rings is 1. The van der Waals surface area contributed by atoms with Gasteiger partial charge in [0.15, 0.2) is 0 Å². The lowest BCUT2D eigenvalue weighted by Gasteiger charge is -2.45. The highest BCUT2D eigenvalue weighted by molar-refractivity contribution is 5.81. The van der Waals surface area contributed by atoms with Crippen molar-refractivity contribution < 1.29 is 14.3 Å². The average Bonchev–Trinajstić information content (AvgIpc) is 3.12. The Labute approximate surface area is 161 Å². The SMILES string of the molecule is COC(=O)NC1(C)CC(C(=O)N2C[C@@H]3C(c4ccc(C(C)C)cc4)[C@@H]3C2)C1. The van der Waals surface area contributed by atoms with Gasteiger partial charge < -0.3 is 15.0 Å². The molecule has 2 amide bonds. The van der Waals surface area contributed by atoms with Gasteiger partial charge in [0.2, 0.25) is 5.91 Å². The molecule has 146 valence electrons. The Morgan fingerprint density at radius 1 is 1.15 bits per heavy atom. The van der Waals surface area contributed by atoms with Crippen LogP contribution in [0.15, 0.2) is 24.3 Å². The molecule has 0 bridgehead atoms. The molecule has 2 saturated carbocycles. The van der Waals surface area contributed by atoms with Crippen LogP contribution < -0.4 is 5.32 Å². The summed E-state index contributed by atoms with van der Waals surface area (Å²) in [7, 11) is 1.36. The Hall–Kier alpha value is -2.04. The van der Waals surface area contributed by atoms with Crippen molar-refractivity contribution in [2.24, 2.45) is 17.8 Å². The minimum atomic E-state index is -0.419. The number of rotatable bonds is 4. The zero-order valence-electron chi connectivity index (χ0n) is 16.7. The quantitative estimate of drug-likeness (QED) is 0.882. The van der Waals surface area contributed by atoms with E-state index in [0.717, 1.165) is 13.1 Å². The first kappa shape index (κ1) is 18.3. The Kier molecular flexibility index (Phi) is 4.44. The van der Waals surface area contributed by atoms with Gasteiger partial charge in [-0.3, -0.25) is 4.79 Å². The van der Waals surface area contributed by atoms with E-state index in [-0.39, 0.29) is 17.4 Å². The Bertz CT molecular complexity index is 724. The van der Waals surface area contributed by atoms with E-state index < -0.39 is 6.09 Å². The molecule has 1 heterocycles. The van der Waals surface area contributed by atoms with Crippen LogP contribution >= 0.6 is 0 Å². The maximum absolute atomic E-state index is 12.8. The molecule has 2 aliphatic carbocycles. The average molecular weight is 370 g/mol. The van der Waals surface area contributed by atoms with E-state index in [9.17, 15) is 9.59 Å². The second-order valence-electron chi connectivity index (χ2n) is 9.20. The maximum Gasteiger partial charge on any atom is 0.407 e. The van der Waals surface area contributed by atoms with E-state index in [2.05, 4.69) is 53.1 Å².